The van der Waals surface area contributed by atoms with Crippen molar-refractivity contribution in [3.63, 3.8) is 0 Å². The number of anilines is 1. The van der Waals surface area contributed by atoms with Crippen molar-refractivity contribution < 1.29 is 9.53 Å². The summed E-state index contributed by atoms with van der Waals surface area (Å²) in [6.45, 7) is 3.69. The zero-order valence-corrected chi connectivity index (χ0v) is 13.6. The van der Waals surface area contributed by atoms with E-state index >= 15 is 0 Å². The minimum Gasteiger partial charge on any atom is -0.462 e. The normalized spacial score (nSPS) is 16.4. The molecule has 112 valence electrons. The number of carbonyl (C=O) groups excluding carboxylic acids is 1. The Morgan fingerprint density at radius 3 is 2.85 bits per heavy atom. The Kier molecular flexibility index (Phi) is 6.09. The molecule has 7 heteroatoms. The van der Waals surface area contributed by atoms with E-state index < -0.39 is 0 Å². The fourth-order valence-corrected chi connectivity index (χ4v) is 3.78. The van der Waals surface area contributed by atoms with Crippen LogP contribution in [0.3, 0.4) is 0 Å². The molecule has 2 rings (SSSR count). The number of hydrogen-bond donors (Lipinski definition) is 1. The zero-order valence-electron chi connectivity index (χ0n) is 11.9. The molecule has 0 atom stereocenters. The van der Waals surface area contributed by atoms with Gasteiger partial charge in [-0.15, -0.1) is 10.2 Å². The van der Waals surface area contributed by atoms with Crippen LogP contribution in [0, 0.1) is 0 Å². The number of thioether (sulfide) groups is 1. The van der Waals surface area contributed by atoms with E-state index in [4.69, 9.17) is 4.74 Å². The second kappa shape index (κ2) is 7.83. The molecular formula is C13H21N3O2S2. The van der Waals surface area contributed by atoms with Crippen LogP contribution in [-0.2, 0) is 9.53 Å². The van der Waals surface area contributed by atoms with Gasteiger partial charge in [0.25, 0.3) is 0 Å². The summed E-state index contributed by atoms with van der Waals surface area (Å²) >= 11 is 2.89. The highest BCUT2D eigenvalue weighted by molar-refractivity contribution is 8.01. The van der Waals surface area contributed by atoms with Crippen LogP contribution in [0.1, 0.15) is 46.0 Å². The highest BCUT2D eigenvalue weighted by atomic mass is 32.2. The first-order chi connectivity index (χ1) is 9.63. The van der Waals surface area contributed by atoms with Crippen molar-refractivity contribution in [1.29, 1.82) is 0 Å². The molecule has 1 aliphatic carbocycles. The van der Waals surface area contributed by atoms with Crippen LogP contribution >= 0.6 is 23.1 Å². The summed E-state index contributed by atoms with van der Waals surface area (Å²) in [6, 6.07) is 0.528. The third-order valence-corrected chi connectivity index (χ3v) is 4.98. The van der Waals surface area contributed by atoms with Crippen LogP contribution in [0.15, 0.2) is 4.34 Å². The van der Waals surface area contributed by atoms with Gasteiger partial charge in [-0.05, 0) is 26.7 Å². The molecule has 5 nitrogen and oxygen atoms in total. The van der Waals surface area contributed by atoms with Crippen LogP contribution in [0.4, 0.5) is 5.13 Å². The number of rotatable bonds is 6. The van der Waals surface area contributed by atoms with Gasteiger partial charge in [-0.3, -0.25) is 4.79 Å². The molecule has 1 heterocycles. The topological polar surface area (TPSA) is 64.1 Å². The number of esters is 1. The summed E-state index contributed by atoms with van der Waals surface area (Å²) < 4.78 is 5.89. The SMILES string of the molecule is CC(C)OC(=O)CSc1nnc(NC2CCCCC2)s1. The van der Waals surface area contributed by atoms with Crippen molar-refractivity contribution in [3.8, 4) is 0 Å². The first-order valence-electron chi connectivity index (χ1n) is 7.06. The van der Waals surface area contributed by atoms with Crippen molar-refractivity contribution in [3.05, 3.63) is 0 Å². The highest BCUT2D eigenvalue weighted by Crippen LogP contribution is 2.28. The molecule has 0 amide bonds. The molecule has 0 aliphatic heterocycles. The van der Waals surface area contributed by atoms with E-state index in [1.807, 2.05) is 13.8 Å². The number of hydrogen-bond acceptors (Lipinski definition) is 7. The van der Waals surface area contributed by atoms with Gasteiger partial charge in [0.1, 0.15) is 0 Å². The molecule has 20 heavy (non-hydrogen) atoms. The summed E-state index contributed by atoms with van der Waals surface area (Å²) in [5, 5.41) is 12.5. The second-order valence-electron chi connectivity index (χ2n) is 5.18. The molecule has 0 aromatic carbocycles. The predicted octanol–water partition coefficient (Wildman–Crippen LogP) is 3.33. The fourth-order valence-electron chi connectivity index (χ4n) is 2.17. The number of nitrogens with zero attached hydrogens (tertiary/aromatic N) is 2. The lowest BCUT2D eigenvalue weighted by atomic mass is 9.96. The third kappa shape index (κ3) is 5.28. The first-order valence-corrected chi connectivity index (χ1v) is 8.86. The standard InChI is InChI=1S/C13H21N3O2S2/c1-9(2)18-11(17)8-19-13-16-15-12(20-13)14-10-6-4-3-5-7-10/h9-10H,3-8H2,1-2H3,(H,14,15). The maximum absolute atomic E-state index is 11.4. The minimum atomic E-state index is -0.206. The molecule has 1 saturated carbocycles. The van der Waals surface area contributed by atoms with E-state index in [9.17, 15) is 4.79 Å². The minimum absolute atomic E-state index is 0.0685. The lowest BCUT2D eigenvalue weighted by Gasteiger charge is -2.21. The van der Waals surface area contributed by atoms with Gasteiger partial charge in [0.05, 0.1) is 11.9 Å². The van der Waals surface area contributed by atoms with Gasteiger partial charge < -0.3 is 10.1 Å². The fraction of sp³-hybridized carbons (Fsp3) is 0.769. The van der Waals surface area contributed by atoms with E-state index in [1.165, 1.54) is 55.2 Å². The molecule has 1 fully saturated rings. The molecule has 1 N–H and O–H groups in total. The summed E-state index contributed by atoms with van der Waals surface area (Å²) in [5.41, 5.74) is 0. The van der Waals surface area contributed by atoms with Gasteiger partial charge in [-0.1, -0.05) is 42.4 Å². The number of aromatic nitrogens is 2. The lowest BCUT2D eigenvalue weighted by molar-refractivity contribution is -0.144. The maximum Gasteiger partial charge on any atom is 0.316 e. The van der Waals surface area contributed by atoms with Crippen LogP contribution in [-0.4, -0.2) is 34.1 Å². The van der Waals surface area contributed by atoms with E-state index in [1.54, 1.807) is 0 Å². The Labute approximate surface area is 127 Å². The molecule has 1 aromatic rings. The average molecular weight is 315 g/mol. The molecule has 0 bridgehead atoms. The van der Waals surface area contributed by atoms with E-state index in [-0.39, 0.29) is 17.8 Å². The Hall–Kier alpha value is -0.820. The zero-order chi connectivity index (χ0) is 14.4. The number of carbonyl (C=O) groups is 1. The Morgan fingerprint density at radius 2 is 2.15 bits per heavy atom. The second-order valence-corrected chi connectivity index (χ2v) is 7.38. The molecule has 0 radical (unpaired) electrons. The third-order valence-electron chi connectivity index (χ3n) is 3.02. The highest BCUT2D eigenvalue weighted by Gasteiger charge is 2.15. The van der Waals surface area contributed by atoms with Gasteiger partial charge in [0, 0.05) is 6.04 Å². The van der Waals surface area contributed by atoms with Crippen LogP contribution < -0.4 is 5.32 Å². The molecule has 1 aliphatic rings. The largest absolute Gasteiger partial charge is 0.462 e. The Balaban J connectivity index is 1.75. The van der Waals surface area contributed by atoms with Gasteiger partial charge in [0.15, 0.2) is 4.34 Å². The maximum atomic E-state index is 11.4. The first kappa shape index (κ1) is 15.6. The predicted molar refractivity (Wildman–Crippen MR) is 82.4 cm³/mol. The van der Waals surface area contributed by atoms with Gasteiger partial charge >= 0.3 is 5.97 Å². The molecule has 0 saturated heterocycles. The van der Waals surface area contributed by atoms with Gasteiger partial charge in [-0.25, -0.2) is 0 Å². The summed E-state index contributed by atoms with van der Waals surface area (Å²) in [7, 11) is 0. The summed E-state index contributed by atoms with van der Waals surface area (Å²) in [6.07, 6.45) is 6.28. The van der Waals surface area contributed by atoms with Crippen molar-refractivity contribution >= 4 is 34.2 Å². The summed E-state index contributed by atoms with van der Waals surface area (Å²) in [4.78, 5) is 11.4. The number of ether oxygens (including phenoxy) is 1. The van der Waals surface area contributed by atoms with Crippen molar-refractivity contribution in [2.45, 2.75) is 62.4 Å². The van der Waals surface area contributed by atoms with E-state index in [2.05, 4.69) is 15.5 Å². The van der Waals surface area contributed by atoms with Crippen LogP contribution in [0.5, 0.6) is 0 Å². The van der Waals surface area contributed by atoms with Crippen molar-refractivity contribution in [2.75, 3.05) is 11.1 Å². The Bertz CT molecular complexity index is 431. The molecule has 0 unspecified atom stereocenters. The average Bonchev–Trinajstić information content (AvgIpc) is 2.84. The van der Waals surface area contributed by atoms with Crippen molar-refractivity contribution in [1.82, 2.24) is 10.2 Å². The van der Waals surface area contributed by atoms with Gasteiger partial charge in [-0.2, -0.15) is 0 Å². The quantitative estimate of drug-likeness (QED) is 0.642. The van der Waals surface area contributed by atoms with Crippen LogP contribution in [0.25, 0.3) is 0 Å². The lowest BCUT2D eigenvalue weighted by Crippen LogP contribution is -2.21. The molecular weight excluding hydrogens is 294 g/mol. The smallest absolute Gasteiger partial charge is 0.316 e. The monoisotopic (exact) mass is 315 g/mol. The molecule has 1 aromatic heterocycles. The van der Waals surface area contributed by atoms with Crippen LogP contribution in [0.2, 0.25) is 0 Å². The molecule has 0 spiro atoms. The van der Waals surface area contributed by atoms with E-state index in [0.29, 0.717) is 6.04 Å². The van der Waals surface area contributed by atoms with Crippen molar-refractivity contribution in [2.24, 2.45) is 0 Å². The van der Waals surface area contributed by atoms with Gasteiger partial charge in [0.2, 0.25) is 5.13 Å². The van der Waals surface area contributed by atoms with E-state index in [0.717, 1.165) is 9.47 Å². The number of nitrogens with one attached hydrogen (secondary N) is 1. The Morgan fingerprint density at radius 1 is 1.40 bits per heavy atom. The summed E-state index contributed by atoms with van der Waals surface area (Å²) in [5.74, 6) is 0.0814.